The monoisotopic (exact) mass is 437 g/mol. The summed E-state index contributed by atoms with van der Waals surface area (Å²) in [5.74, 6) is -0.148. The average molecular weight is 438 g/mol. The van der Waals surface area contributed by atoms with E-state index in [1.165, 1.54) is 17.3 Å². The van der Waals surface area contributed by atoms with Crippen LogP contribution in [0.3, 0.4) is 0 Å². The molecule has 9 heteroatoms. The fraction of sp³-hybridized carbons (Fsp3) is 0.250. The van der Waals surface area contributed by atoms with Crippen molar-refractivity contribution in [3.63, 3.8) is 0 Å². The van der Waals surface area contributed by atoms with Gasteiger partial charge in [-0.15, -0.1) is 24.8 Å². The van der Waals surface area contributed by atoms with Gasteiger partial charge in [0.2, 0.25) is 5.91 Å². The first kappa shape index (κ1) is 24.6. The fourth-order valence-electron chi connectivity index (χ4n) is 2.68. The molecule has 0 saturated heterocycles. The Bertz CT molecular complexity index is 830. The van der Waals surface area contributed by atoms with Crippen LogP contribution in [0.25, 0.3) is 0 Å². The van der Waals surface area contributed by atoms with Crippen LogP contribution >= 0.6 is 24.8 Å². The molecule has 1 aromatic heterocycles. The molecule has 1 amide bonds. The standard InChI is InChI=1S/C20H23N5O2.2ClH/c26-19(17-4-2-1-3-5-17)12-21-11-10-16-6-8-18(9-7-16)24-20(27)13-25-15-22-14-23-25;;/h1-9,14-15,19,21,26H,10-13H2,(H,24,27);2*1H/t19-;;/m0../s1. The number of aliphatic hydroxyl groups is 1. The number of amides is 1. The van der Waals surface area contributed by atoms with Gasteiger partial charge in [0, 0.05) is 12.2 Å². The molecule has 0 saturated carbocycles. The molecule has 29 heavy (non-hydrogen) atoms. The Hall–Kier alpha value is -2.45. The van der Waals surface area contributed by atoms with Gasteiger partial charge in [0.05, 0.1) is 6.10 Å². The van der Waals surface area contributed by atoms with Crippen molar-refractivity contribution in [3.05, 3.63) is 78.4 Å². The lowest BCUT2D eigenvalue weighted by atomic mass is 10.1. The number of hydrogen-bond acceptors (Lipinski definition) is 5. The third-order valence-corrected chi connectivity index (χ3v) is 4.12. The maximum Gasteiger partial charge on any atom is 0.246 e. The lowest BCUT2D eigenvalue weighted by Crippen LogP contribution is -2.23. The van der Waals surface area contributed by atoms with Crippen molar-refractivity contribution in [1.82, 2.24) is 20.1 Å². The van der Waals surface area contributed by atoms with Crippen LogP contribution in [0.5, 0.6) is 0 Å². The third-order valence-electron chi connectivity index (χ3n) is 4.12. The van der Waals surface area contributed by atoms with Gasteiger partial charge in [0.25, 0.3) is 0 Å². The van der Waals surface area contributed by atoms with E-state index in [2.05, 4.69) is 20.7 Å². The first-order valence-electron chi connectivity index (χ1n) is 8.85. The van der Waals surface area contributed by atoms with Gasteiger partial charge in [-0.2, -0.15) is 5.10 Å². The minimum absolute atomic E-state index is 0. The van der Waals surface area contributed by atoms with Crippen LogP contribution in [0.1, 0.15) is 17.2 Å². The summed E-state index contributed by atoms with van der Waals surface area (Å²) in [6.45, 7) is 1.41. The van der Waals surface area contributed by atoms with Crippen LogP contribution in [0, 0.1) is 0 Å². The SMILES string of the molecule is Cl.Cl.O=C(Cn1cncn1)Nc1ccc(CCNC[C@H](O)c2ccccc2)cc1. The van der Waals surface area contributed by atoms with E-state index in [-0.39, 0.29) is 37.3 Å². The van der Waals surface area contributed by atoms with Crippen molar-refractivity contribution < 1.29 is 9.90 Å². The van der Waals surface area contributed by atoms with Crippen molar-refractivity contribution in [3.8, 4) is 0 Å². The molecule has 3 aromatic rings. The lowest BCUT2D eigenvalue weighted by Gasteiger charge is -2.12. The van der Waals surface area contributed by atoms with Crippen molar-refractivity contribution >= 4 is 36.4 Å². The molecule has 1 heterocycles. The number of aliphatic hydroxyl groups excluding tert-OH is 1. The summed E-state index contributed by atoms with van der Waals surface area (Å²) >= 11 is 0. The summed E-state index contributed by atoms with van der Waals surface area (Å²) < 4.78 is 1.47. The third kappa shape index (κ3) is 8.21. The molecule has 0 aliphatic carbocycles. The van der Waals surface area contributed by atoms with E-state index in [9.17, 15) is 9.90 Å². The number of aromatic nitrogens is 3. The molecular weight excluding hydrogens is 413 g/mol. The summed E-state index contributed by atoms with van der Waals surface area (Å²) in [6.07, 6.45) is 3.24. The predicted octanol–water partition coefficient (Wildman–Crippen LogP) is 2.63. The Morgan fingerprint density at radius 3 is 2.45 bits per heavy atom. The smallest absolute Gasteiger partial charge is 0.246 e. The summed E-state index contributed by atoms with van der Waals surface area (Å²) in [7, 11) is 0. The minimum Gasteiger partial charge on any atom is -0.387 e. The zero-order valence-electron chi connectivity index (χ0n) is 15.8. The molecule has 1 atom stereocenters. The van der Waals surface area contributed by atoms with E-state index in [1.54, 1.807) is 0 Å². The molecule has 0 unspecified atom stereocenters. The number of nitrogens with zero attached hydrogens (tertiary/aromatic N) is 3. The Morgan fingerprint density at radius 2 is 1.79 bits per heavy atom. The number of anilines is 1. The van der Waals surface area contributed by atoms with Gasteiger partial charge >= 0.3 is 0 Å². The van der Waals surface area contributed by atoms with Crippen molar-refractivity contribution in [2.45, 2.75) is 19.1 Å². The van der Waals surface area contributed by atoms with Crippen LogP contribution in [0.2, 0.25) is 0 Å². The molecule has 0 aliphatic rings. The summed E-state index contributed by atoms with van der Waals surface area (Å²) in [5, 5.41) is 20.1. The van der Waals surface area contributed by atoms with Gasteiger partial charge < -0.3 is 15.7 Å². The zero-order valence-corrected chi connectivity index (χ0v) is 17.4. The zero-order chi connectivity index (χ0) is 18.9. The lowest BCUT2D eigenvalue weighted by molar-refractivity contribution is -0.116. The second-order valence-electron chi connectivity index (χ2n) is 6.22. The fourth-order valence-corrected chi connectivity index (χ4v) is 2.68. The van der Waals surface area contributed by atoms with Gasteiger partial charge in [-0.05, 0) is 36.2 Å². The number of carbonyl (C=O) groups is 1. The van der Waals surface area contributed by atoms with Gasteiger partial charge in [-0.3, -0.25) is 4.79 Å². The first-order valence-corrected chi connectivity index (χ1v) is 8.85. The molecule has 7 nitrogen and oxygen atoms in total. The average Bonchev–Trinajstić information content (AvgIpc) is 3.20. The Kier molecular flexibility index (Phi) is 10.9. The Labute approximate surface area is 182 Å². The highest BCUT2D eigenvalue weighted by molar-refractivity contribution is 5.90. The maximum atomic E-state index is 11.9. The topological polar surface area (TPSA) is 92.1 Å². The van der Waals surface area contributed by atoms with Gasteiger partial charge in [0.1, 0.15) is 19.2 Å². The highest BCUT2D eigenvalue weighted by atomic mass is 35.5. The first-order chi connectivity index (χ1) is 13.2. The number of benzene rings is 2. The van der Waals surface area contributed by atoms with E-state index >= 15 is 0 Å². The summed E-state index contributed by atoms with van der Waals surface area (Å²) in [6, 6.07) is 17.4. The molecule has 156 valence electrons. The molecule has 0 aliphatic heterocycles. The summed E-state index contributed by atoms with van der Waals surface area (Å²) in [5.41, 5.74) is 2.82. The number of carbonyl (C=O) groups excluding carboxylic acids is 1. The van der Waals surface area contributed by atoms with E-state index in [0.29, 0.717) is 6.54 Å². The molecule has 0 radical (unpaired) electrons. The van der Waals surface area contributed by atoms with Crippen LogP contribution in [0.15, 0.2) is 67.3 Å². The number of halogens is 2. The van der Waals surface area contributed by atoms with Gasteiger partial charge in [0.15, 0.2) is 0 Å². The quantitative estimate of drug-likeness (QED) is 0.447. The number of rotatable bonds is 9. The molecule has 0 fully saturated rings. The number of nitrogens with one attached hydrogen (secondary N) is 2. The van der Waals surface area contributed by atoms with E-state index < -0.39 is 6.10 Å². The number of hydrogen-bond donors (Lipinski definition) is 3. The molecule has 3 N–H and O–H groups in total. The highest BCUT2D eigenvalue weighted by Gasteiger charge is 2.06. The second-order valence-corrected chi connectivity index (χ2v) is 6.22. The van der Waals surface area contributed by atoms with Crippen molar-refractivity contribution in [2.24, 2.45) is 0 Å². The molecule has 0 spiro atoms. The maximum absolute atomic E-state index is 11.9. The van der Waals surface area contributed by atoms with Crippen LogP contribution < -0.4 is 10.6 Å². The largest absolute Gasteiger partial charge is 0.387 e. The van der Waals surface area contributed by atoms with Gasteiger partial charge in [-0.25, -0.2) is 9.67 Å². The molecule has 0 bridgehead atoms. The van der Waals surface area contributed by atoms with E-state index in [1.807, 2.05) is 54.6 Å². The van der Waals surface area contributed by atoms with E-state index in [4.69, 9.17) is 0 Å². The highest BCUT2D eigenvalue weighted by Crippen LogP contribution is 2.12. The van der Waals surface area contributed by atoms with E-state index in [0.717, 1.165) is 29.8 Å². The normalized spacial score (nSPS) is 11.1. The second kappa shape index (κ2) is 12.9. The Balaban J connectivity index is 0.00000210. The van der Waals surface area contributed by atoms with Crippen molar-refractivity contribution in [1.29, 1.82) is 0 Å². The van der Waals surface area contributed by atoms with Crippen LogP contribution in [-0.4, -0.2) is 38.9 Å². The molecular formula is C20H25Cl2N5O2. The van der Waals surface area contributed by atoms with Crippen molar-refractivity contribution in [2.75, 3.05) is 18.4 Å². The Morgan fingerprint density at radius 1 is 1.07 bits per heavy atom. The van der Waals surface area contributed by atoms with Gasteiger partial charge in [-0.1, -0.05) is 42.5 Å². The molecule has 2 aromatic carbocycles. The minimum atomic E-state index is -0.506. The predicted molar refractivity (Wildman–Crippen MR) is 118 cm³/mol. The van der Waals surface area contributed by atoms with Crippen LogP contribution in [-0.2, 0) is 17.8 Å². The summed E-state index contributed by atoms with van der Waals surface area (Å²) in [4.78, 5) is 15.7. The van der Waals surface area contributed by atoms with Crippen LogP contribution in [0.4, 0.5) is 5.69 Å². The molecule has 3 rings (SSSR count).